The van der Waals surface area contributed by atoms with Crippen LogP contribution < -0.4 is 5.73 Å². The Bertz CT molecular complexity index is 562. The van der Waals surface area contributed by atoms with E-state index in [9.17, 15) is 0 Å². The average Bonchev–Trinajstić information content (AvgIpc) is 3.08. The summed E-state index contributed by atoms with van der Waals surface area (Å²) in [6, 6.07) is 9.02. The Labute approximate surface area is 128 Å². The lowest BCUT2D eigenvalue weighted by atomic mass is 10.0. The molecular weight excluding hydrogens is 284 g/mol. The summed E-state index contributed by atoms with van der Waals surface area (Å²) in [4.78, 5) is 6.15. The molecule has 1 fully saturated rings. The molecule has 1 heterocycles. The van der Waals surface area contributed by atoms with Gasteiger partial charge in [0, 0.05) is 27.8 Å². The molecule has 1 aromatic carbocycles. The van der Waals surface area contributed by atoms with Crippen LogP contribution in [0.25, 0.3) is 10.6 Å². The van der Waals surface area contributed by atoms with Crippen LogP contribution in [0.15, 0.2) is 34.5 Å². The zero-order valence-electron chi connectivity index (χ0n) is 11.7. The molecule has 1 saturated carbocycles. The standard InChI is InChI=1S/C16H20N2S2/c1-2-19-12-8-6-11(7-9-12)16-18-15(10-20-16)13-4-3-5-14(13)17/h6-10,13-14H,2-5,17H2,1H3. The van der Waals surface area contributed by atoms with E-state index in [1.807, 2.05) is 11.8 Å². The third-order valence-electron chi connectivity index (χ3n) is 3.88. The number of thioether (sulfide) groups is 1. The first-order chi connectivity index (χ1) is 9.78. The number of aromatic nitrogens is 1. The van der Waals surface area contributed by atoms with Crippen molar-refractivity contribution in [1.82, 2.24) is 4.98 Å². The Hall–Kier alpha value is -0.840. The highest BCUT2D eigenvalue weighted by Gasteiger charge is 2.27. The first-order valence-corrected chi connectivity index (χ1v) is 9.08. The van der Waals surface area contributed by atoms with Gasteiger partial charge in [0.2, 0.25) is 0 Å². The van der Waals surface area contributed by atoms with Gasteiger partial charge in [-0.3, -0.25) is 0 Å². The molecule has 1 aliphatic rings. The molecule has 3 rings (SSSR count). The SMILES string of the molecule is CCSc1ccc(-c2nc(C3CCCC3N)cs2)cc1. The number of hydrogen-bond acceptors (Lipinski definition) is 4. The maximum atomic E-state index is 6.17. The Balaban J connectivity index is 1.79. The predicted molar refractivity (Wildman–Crippen MR) is 88.5 cm³/mol. The monoisotopic (exact) mass is 304 g/mol. The van der Waals surface area contributed by atoms with Crippen LogP contribution in [0.5, 0.6) is 0 Å². The molecule has 0 amide bonds. The van der Waals surface area contributed by atoms with Crippen molar-refractivity contribution in [3.63, 3.8) is 0 Å². The lowest BCUT2D eigenvalue weighted by Gasteiger charge is -2.11. The van der Waals surface area contributed by atoms with E-state index in [4.69, 9.17) is 10.7 Å². The Kier molecular flexibility index (Phi) is 4.44. The van der Waals surface area contributed by atoms with Crippen LogP contribution >= 0.6 is 23.1 Å². The minimum Gasteiger partial charge on any atom is -0.327 e. The molecule has 2 unspecified atom stereocenters. The number of nitrogens with two attached hydrogens (primary N) is 1. The zero-order chi connectivity index (χ0) is 13.9. The average molecular weight is 304 g/mol. The second-order valence-corrected chi connectivity index (χ2v) is 7.43. The quantitative estimate of drug-likeness (QED) is 0.844. The van der Waals surface area contributed by atoms with Crippen molar-refractivity contribution in [2.24, 2.45) is 5.73 Å². The lowest BCUT2D eigenvalue weighted by Crippen LogP contribution is -2.22. The smallest absolute Gasteiger partial charge is 0.123 e. The topological polar surface area (TPSA) is 38.9 Å². The molecule has 1 aliphatic carbocycles. The van der Waals surface area contributed by atoms with Gasteiger partial charge in [0.25, 0.3) is 0 Å². The van der Waals surface area contributed by atoms with Crippen molar-refractivity contribution in [1.29, 1.82) is 0 Å². The summed E-state index contributed by atoms with van der Waals surface area (Å²) < 4.78 is 0. The maximum absolute atomic E-state index is 6.17. The highest BCUT2D eigenvalue weighted by atomic mass is 32.2. The molecule has 1 aromatic heterocycles. The lowest BCUT2D eigenvalue weighted by molar-refractivity contribution is 0.602. The summed E-state index contributed by atoms with van der Waals surface area (Å²) in [7, 11) is 0. The van der Waals surface area contributed by atoms with Crippen molar-refractivity contribution in [3.05, 3.63) is 35.3 Å². The fourth-order valence-corrected chi connectivity index (χ4v) is 4.36. The van der Waals surface area contributed by atoms with E-state index in [2.05, 4.69) is 36.6 Å². The summed E-state index contributed by atoms with van der Waals surface area (Å²) in [5, 5.41) is 3.31. The molecule has 0 spiro atoms. The van der Waals surface area contributed by atoms with Crippen molar-refractivity contribution in [3.8, 4) is 10.6 Å². The molecule has 0 aliphatic heterocycles. The van der Waals surface area contributed by atoms with Gasteiger partial charge in [-0.15, -0.1) is 23.1 Å². The van der Waals surface area contributed by atoms with E-state index in [1.54, 1.807) is 11.3 Å². The molecule has 20 heavy (non-hydrogen) atoms. The van der Waals surface area contributed by atoms with E-state index < -0.39 is 0 Å². The van der Waals surface area contributed by atoms with Gasteiger partial charge in [-0.05, 0) is 30.7 Å². The summed E-state index contributed by atoms with van der Waals surface area (Å²) >= 11 is 3.61. The number of rotatable bonds is 4. The molecule has 2 atom stereocenters. The molecule has 2 N–H and O–H groups in total. The van der Waals surface area contributed by atoms with Gasteiger partial charge in [0.1, 0.15) is 5.01 Å². The van der Waals surface area contributed by atoms with Gasteiger partial charge in [-0.25, -0.2) is 4.98 Å². The fraction of sp³-hybridized carbons (Fsp3) is 0.438. The van der Waals surface area contributed by atoms with E-state index in [0.29, 0.717) is 12.0 Å². The zero-order valence-corrected chi connectivity index (χ0v) is 13.3. The van der Waals surface area contributed by atoms with E-state index >= 15 is 0 Å². The van der Waals surface area contributed by atoms with Crippen LogP contribution in [0.3, 0.4) is 0 Å². The molecule has 2 aromatic rings. The number of nitrogens with zero attached hydrogens (tertiary/aromatic N) is 1. The number of hydrogen-bond donors (Lipinski definition) is 1. The van der Waals surface area contributed by atoms with Gasteiger partial charge in [-0.1, -0.05) is 25.5 Å². The van der Waals surface area contributed by atoms with Crippen molar-refractivity contribution in [2.75, 3.05) is 5.75 Å². The fourth-order valence-electron chi connectivity index (χ4n) is 2.81. The summed E-state index contributed by atoms with van der Waals surface area (Å²) in [5.74, 6) is 1.58. The van der Waals surface area contributed by atoms with Gasteiger partial charge in [0.05, 0.1) is 5.69 Å². The Morgan fingerprint density at radius 1 is 1.30 bits per heavy atom. The predicted octanol–water partition coefficient (Wildman–Crippen LogP) is 4.52. The van der Waals surface area contributed by atoms with Gasteiger partial charge < -0.3 is 5.73 Å². The number of thiazole rings is 1. The summed E-state index contributed by atoms with van der Waals surface area (Å²) in [5.41, 5.74) is 8.59. The van der Waals surface area contributed by atoms with Gasteiger partial charge >= 0.3 is 0 Å². The first kappa shape index (κ1) is 14.1. The highest BCUT2D eigenvalue weighted by molar-refractivity contribution is 7.99. The summed E-state index contributed by atoms with van der Waals surface area (Å²) in [6.45, 7) is 2.18. The Morgan fingerprint density at radius 3 is 2.75 bits per heavy atom. The molecule has 2 nitrogen and oxygen atoms in total. The van der Waals surface area contributed by atoms with Crippen LogP contribution in [-0.4, -0.2) is 16.8 Å². The third kappa shape index (κ3) is 2.92. The van der Waals surface area contributed by atoms with E-state index in [1.165, 1.54) is 29.0 Å². The second-order valence-electron chi connectivity index (χ2n) is 5.24. The van der Waals surface area contributed by atoms with E-state index in [-0.39, 0.29) is 0 Å². The van der Waals surface area contributed by atoms with Crippen LogP contribution in [0.4, 0.5) is 0 Å². The van der Waals surface area contributed by atoms with Crippen molar-refractivity contribution in [2.45, 2.75) is 43.0 Å². The van der Waals surface area contributed by atoms with Crippen LogP contribution in [-0.2, 0) is 0 Å². The van der Waals surface area contributed by atoms with Crippen molar-refractivity contribution < 1.29 is 0 Å². The van der Waals surface area contributed by atoms with Crippen LogP contribution in [0, 0.1) is 0 Å². The molecule has 0 bridgehead atoms. The van der Waals surface area contributed by atoms with Crippen LogP contribution in [0.1, 0.15) is 37.8 Å². The number of benzene rings is 1. The maximum Gasteiger partial charge on any atom is 0.123 e. The van der Waals surface area contributed by atoms with Crippen LogP contribution in [0.2, 0.25) is 0 Å². The molecule has 0 saturated heterocycles. The normalized spacial score (nSPS) is 22.3. The Morgan fingerprint density at radius 2 is 2.10 bits per heavy atom. The molecular formula is C16H20N2S2. The minimum absolute atomic E-state index is 0.299. The minimum atomic E-state index is 0.299. The van der Waals surface area contributed by atoms with E-state index in [0.717, 1.165) is 17.2 Å². The third-order valence-corrected chi connectivity index (χ3v) is 5.69. The first-order valence-electron chi connectivity index (χ1n) is 7.22. The molecule has 106 valence electrons. The molecule has 4 heteroatoms. The van der Waals surface area contributed by atoms with Crippen molar-refractivity contribution >= 4 is 23.1 Å². The summed E-state index contributed by atoms with van der Waals surface area (Å²) in [6.07, 6.45) is 3.57. The van der Waals surface area contributed by atoms with Gasteiger partial charge in [-0.2, -0.15) is 0 Å². The highest BCUT2D eigenvalue weighted by Crippen LogP contribution is 2.36. The molecule has 0 radical (unpaired) electrons. The van der Waals surface area contributed by atoms with Gasteiger partial charge in [0.15, 0.2) is 0 Å². The second kappa shape index (κ2) is 6.29. The largest absolute Gasteiger partial charge is 0.327 e.